The van der Waals surface area contributed by atoms with Crippen LogP contribution in [0.4, 0.5) is 0 Å². The quantitative estimate of drug-likeness (QED) is 0.735. The van der Waals surface area contributed by atoms with E-state index in [0.717, 1.165) is 29.7 Å². The van der Waals surface area contributed by atoms with E-state index < -0.39 is 0 Å². The first kappa shape index (κ1) is 14.9. The summed E-state index contributed by atoms with van der Waals surface area (Å²) < 4.78 is 0. The van der Waals surface area contributed by atoms with Gasteiger partial charge in [-0.15, -0.1) is 0 Å². The van der Waals surface area contributed by atoms with Gasteiger partial charge in [-0.25, -0.2) is 9.98 Å². The summed E-state index contributed by atoms with van der Waals surface area (Å²) in [7, 11) is 0. The van der Waals surface area contributed by atoms with Gasteiger partial charge in [0.2, 0.25) is 5.96 Å². The first-order chi connectivity index (χ1) is 11.8. The summed E-state index contributed by atoms with van der Waals surface area (Å²) >= 11 is 0. The maximum atomic E-state index is 12.1. The average molecular weight is 324 g/mol. The maximum Gasteiger partial charge on any atom is 0.276 e. The molecule has 4 heterocycles. The molecule has 0 spiro atoms. The number of hydrogen-bond donors (Lipinski definition) is 3. The number of hydrogen-bond acceptors (Lipinski definition) is 5. The predicted octanol–water partition coefficient (Wildman–Crippen LogP) is 1.08. The molecular weight excluding hydrogens is 304 g/mol. The highest BCUT2D eigenvalue weighted by atomic mass is 16.2. The molecule has 1 saturated heterocycles. The highest BCUT2D eigenvalue weighted by molar-refractivity contribution is 6.14. The molecule has 24 heavy (non-hydrogen) atoms. The maximum absolute atomic E-state index is 12.1. The molecule has 0 saturated carbocycles. The molecule has 1 fully saturated rings. The van der Waals surface area contributed by atoms with E-state index in [1.54, 1.807) is 12.3 Å². The fourth-order valence-electron chi connectivity index (χ4n) is 3.13. The van der Waals surface area contributed by atoms with E-state index >= 15 is 0 Å². The summed E-state index contributed by atoms with van der Waals surface area (Å²) in [5.41, 5.74) is 2.12. The summed E-state index contributed by atoms with van der Waals surface area (Å²) in [6, 6.07) is 3.85. The predicted molar refractivity (Wildman–Crippen MR) is 93.3 cm³/mol. The Labute approximate surface area is 139 Å². The van der Waals surface area contributed by atoms with Gasteiger partial charge < -0.3 is 15.2 Å². The van der Waals surface area contributed by atoms with Crippen molar-refractivity contribution in [2.45, 2.75) is 12.8 Å². The molecule has 0 atom stereocenters. The highest BCUT2D eigenvalue weighted by Gasteiger charge is 2.20. The summed E-state index contributed by atoms with van der Waals surface area (Å²) in [6.07, 6.45) is 7.92. The van der Waals surface area contributed by atoms with Crippen molar-refractivity contribution in [3.8, 4) is 0 Å². The van der Waals surface area contributed by atoms with Gasteiger partial charge in [-0.3, -0.25) is 10.1 Å². The van der Waals surface area contributed by atoms with E-state index in [9.17, 15) is 4.79 Å². The third-order valence-corrected chi connectivity index (χ3v) is 4.39. The molecule has 0 unspecified atom stereocenters. The number of rotatable bonds is 4. The van der Waals surface area contributed by atoms with Gasteiger partial charge in [-0.1, -0.05) is 0 Å². The Balaban J connectivity index is 1.44. The van der Waals surface area contributed by atoms with Crippen molar-refractivity contribution in [2.75, 3.05) is 26.2 Å². The Kier molecular flexibility index (Phi) is 4.00. The number of likely N-dealkylation sites (tertiary alicyclic amines) is 1. The lowest BCUT2D eigenvalue weighted by Gasteiger charge is -2.14. The van der Waals surface area contributed by atoms with Gasteiger partial charge in [0.05, 0.1) is 0 Å². The standard InChI is InChI=1S/C17H20N6O/c24-16-14(10-12-11-20-15-13(12)4-3-5-18-15)21-17(22-16)19-6-9-23-7-1-2-8-23/h3-5,10-11H,1-2,6-9H2,(H,18,20)(H2,19,21,22,24)/b14-10-. The molecule has 7 heteroatoms. The van der Waals surface area contributed by atoms with Crippen LogP contribution in [0.15, 0.2) is 35.2 Å². The normalized spacial score (nSPS) is 19.9. The van der Waals surface area contributed by atoms with Gasteiger partial charge in [0, 0.05) is 36.4 Å². The van der Waals surface area contributed by atoms with Crippen molar-refractivity contribution in [3.05, 3.63) is 35.8 Å². The van der Waals surface area contributed by atoms with Gasteiger partial charge in [0.15, 0.2) is 0 Å². The molecule has 0 aliphatic carbocycles. The lowest BCUT2D eigenvalue weighted by atomic mass is 10.2. The SMILES string of the molecule is O=C1NC(NCCN2CCCC2)=N/C1=C\c1c[nH]c2ncccc12. The molecule has 1 amide bonds. The van der Waals surface area contributed by atoms with Crippen molar-refractivity contribution < 1.29 is 4.79 Å². The van der Waals surface area contributed by atoms with Crippen LogP contribution in [-0.4, -0.2) is 52.9 Å². The third-order valence-electron chi connectivity index (χ3n) is 4.39. The number of carbonyl (C=O) groups excluding carboxylic acids is 1. The van der Waals surface area contributed by atoms with Crippen LogP contribution >= 0.6 is 0 Å². The topological polar surface area (TPSA) is 85.4 Å². The van der Waals surface area contributed by atoms with E-state index in [-0.39, 0.29) is 5.91 Å². The Bertz CT molecular complexity index is 815. The number of nitrogens with one attached hydrogen (secondary N) is 3. The van der Waals surface area contributed by atoms with Gasteiger partial charge in [0.1, 0.15) is 11.3 Å². The second-order valence-electron chi connectivity index (χ2n) is 6.06. The first-order valence-corrected chi connectivity index (χ1v) is 8.30. The van der Waals surface area contributed by atoms with Gasteiger partial charge in [-0.2, -0.15) is 0 Å². The van der Waals surface area contributed by atoms with Crippen LogP contribution in [-0.2, 0) is 4.79 Å². The molecule has 2 aliphatic rings. The monoisotopic (exact) mass is 324 g/mol. The van der Waals surface area contributed by atoms with E-state index in [4.69, 9.17) is 0 Å². The number of aromatic amines is 1. The number of aromatic nitrogens is 2. The second kappa shape index (κ2) is 6.45. The van der Waals surface area contributed by atoms with Crippen molar-refractivity contribution in [1.29, 1.82) is 0 Å². The molecule has 0 bridgehead atoms. The lowest BCUT2D eigenvalue weighted by molar-refractivity contribution is -0.115. The number of guanidine groups is 1. The van der Waals surface area contributed by atoms with E-state index in [1.807, 2.05) is 18.3 Å². The van der Waals surface area contributed by atoms with Crippen LogP contribution in [0, 0.1) is 0 Å². The lowest BCUT2D eigenvalue weighted by Crippen LogP contribution is -2.40. The third kappa shape index (κ3) is 3.03. The number of aliphatic imine (C=N–C) groups is 1. The van der Waals surface area contributed by atoms with Crippen LogP contribution < -0.4 is 10.6 Å². The zero-order chi connectivity index (χ0) is 16.4. The summed E-state index contributed by atoms with van der Waals surface area (Å²) in [5, 5.41) is 6.95. The molecular formula is C17H20N6O. The fraction of sp³-hybridized carbons (Fsp3) is 0.353. The minimum absolute atomic E-state index is 0.183. The Morgan fingerprint density at radius 3 is 3.08 bits per heavy atom. The molecule has 7 nitrogen and oxygen atoms in total. The van der Waals surface area contributed by atoms with Crippen molar-refractivity contribution in [3.63, 3.8) is 0 Å². The summed E-state index contributed by atoms with van der Waals surface area (Å²) in [5.74, 6) is 0.348. The van der Waals surface area contributed by atoms with Gasteiger partial charge in [0.25, 0.3) is 5.91 Å². The van der Waals surface area contributed by atoms with Crippen LogP contribution in [0.3, 0.4) is 0 Å². The second-order valence-corrected chi connectivity index (χ2v) is 6.06. The number of pyridine rings is 1. The number of nitrogens with zero attached hydrogens (tertiary/aromatic N) is 3. The summed E-state index contributed by atoms with van der Waals surface area (Å²) in [4.78, 5) is 26.2. The number of amides is 1. The molecule has 124 valence electrons. The zero-order valence-electron chi connectivity index (χ0n) is 13.4. The number of fused-ring (bicyclic) bond motifs is 1. The van der Waals surface area contributed by atoms with Crippen LogP contribution in [0.1, 0.15) is 18.4 Å². The highest BCUT2D eigenvalue weighted by Crippen LogP contribution is 2.20. The summed E-state index contributed by atoms with van der Waals surface area (Å²) in [6.45, 7) is 4.09. The largest absolute Gasteiger partial charge is 0.354 e. The molecule has 2 aromatic rings. The molecule has 4 rings (SSSR count). The van der Waals surface area contributed by atoms with Gasteiger partial charge >= 0.3 is 0 Å². The smallest absolute Gasteiger partial charge is 0.276 e. The van der Waals surface area contributed by atoms with Crippen LogP contribution in [0.5, 0.6) is 0 Å². The van der Waals surface area contributed by atoms with Crippen LogP contribution in [0.2, 0.25) is 0 Å². The molecule has 2 aliphatic heterocycles. The van der Waals surface area contributed by atoms with Crippen molar-refractivity contribution >= 4 is 29.0 Å². The molecule has 3 N–H and O–H groups in total. The molecule has 0 aromatic carbocycles. The van der Waals surface area contributed by atoms with E-state index in [0.29, 0.717) is 11.7 Å². The Hall–Kier alpha value is -2.67. The average Bonchev–Trinajstić information content (AvgIpc) is 3.30. The number of carbonyl (C=O) groups is 1. The van der Waals surface area contributed by atoms with Crippen LogP contribution in [0.25, 0.3) is 17.1 Å². The first-order valence-electron chi connectivity index (χ1n) is 8.30. The van der Waals surface area contributed by atoms with Crippen molar-refractivity contribution in [1.82, 2.24) is 25.5 Å². The van der Waals surface area contributed by atoms with E-state index in [2.05, 4.69) is 30.5 Å². The molecule has 0 radical (unpaired) electrons. The zero-order valence-corrected chi connectivity index (χ0v) is 13.4. The minimum Gasteiger partial charge on any atom is -0.354 e. The van der Waals surface area contributed by atoms with Gasteiger partial charge in [-0.05, 0) is 44.1 Å². The minimum atomic E-state index is -0.183. The molecule has 2 aromatic heterocycles. The Morgan fingerprint density at radius 2 is 2.21 bits per heavy atom. The number of H-pyrrole nitrogens is 1. The van der Waals surface area contributed by atoms with E-state index in [1.165, 1.54) is 25.9 Å². The Morgan fingerprint density at radius 1 is 1.33 bits per heavy atom. The fourth-order valence-corrected chi connectivity index (χ4v) is 3.13. The van der Waals surface area contributed by atoms with Crippen molar-refractivity contribution in [2.24, 2.45) is 4.99 Å².